The van der Waals surface area contributed by atoms with E-state index >= 15 is 0 Å². The van der Waals surface area contributed by atoms with Gasteiger partial charge >= 0.3 is 0 Å². The zero-order chi connectivity index (χ0) is 13.2. The van der Waals surface area contributed by atoms with Crippen LogP contribution in [-0.4, -0.2) is 15.9 Å². The number of hydrogen-bond donors (Lipinski definition) is 2. The predicted molar refractivity (Wildman–Crippen MR) is 75.2 cm³/mol. The smallest absolute Gasteiger partial charge is 0.273 e. The Hall–Kier alpha value is -2.62. The Kier molecular flexibility index (Phi) is 2.76. The maximum absolute atomic E-state index is 12.1. The summed E-state index contributed by atoms with van der Waals surface area (Å²) in [6.07, 6.45) is 1.68. The fourth-order valence-corrected chi connectivity index (χ4v) is 1.98. The molecule has 2 N–H and O–H groups in total. The molecule has 0 aliphatic heterocycles. The lowest BCUT2D eigenvalue weighted by Crippen LogP contribution is -2.13. The van der Waals surface area contributed by atoms with Crippen LogP contribution < -0.4 is 5.32 Å². The van der Waals surface area contributed by atoms with E-state index in [1.165, 1.54) is 0 Å². The number of fused-ring (bicyclic) bond motifs is 1. The summed E-state index contributed by atoms with van der Waals surface area (Å²) in [6.45, 7) is 1.96. The highest BCUT2D eigenvalue weighted by Crippen LogP contribution is 2.15. The Morgan fingerprint density at radius 3 is 2.84 bits per heavy atom. The molecule has 0 saturated heterocycles. The van der Waals surface area contributed by atoms with Crippen molar-refractivity contribution in [3.8, 4) is 0 Å². The van der Waals surface area contributed by atoms with Gasteiger partial charge in [0.25, 0.3) is 5.91 Å². The first kappa shape index (κ1) is 11.5. The van der Waals surface area contributed by atoms with E-state index in [9.17, 15) is 4.79 Å². The molecular formula is C15H13N3O. The molecule has 2 aromatic heterocycles. The minimum Gasteiger partial charge on any atom is -0.351 e. The Labute approximate surface area is 110 Å². The molecule has 94 valence electrons. The van der Waals surface area contributed by atoms with Gasteiger partial charge in [-0.05, 0) is 36.8 Å². The summed E-state index contributed by atoms with van der Waals surface area (Å²) in [4.78, 5) is 19.3. The molecule has 0 unspecified atom stereocenters. The maximum Gasteiger partial charge on any atom is 0.273 e. The number of para-hydroxylation sites is 1. The molecule has 0 aliphatic rings. The van der Waals surface area contributed by atoms with Gasteiger partial charge in [0.2, 0.25) is 0 Å². The van der Waals surface area contributed by atoms with Crippen LogP contribution in [0.1, 0.15) is 16.1 Å². The number of pyridine rings is 1. The molecule has 0 radical (unpaired) electrons. The van der Waals surface area contributed by atoms with Gasteiger partial charge < -0.3 is 10.3 Å². The third-order valence-electron chi connectivity index (χ3n) is 2.93. The van der Waals surface area contributed by atoms with Crippen molar-refractivity contribution in [1.29, 1.82) is 0 Å². The van der Waals surface area contributed by atoms with Crippen molar-refractivity contribution in [3.05, 3.63) is 59.9 Å². The second-order valence-corrected chi connectivity index (χ2v) is 4.44. The van der Waals surface area contributed by atoms with E-state index in [0.717, 1.165) is 16.5 Å². The van der Waals surface area contributed by atoms with Crippen LogP contribution in [0.4, 0.5) is 5.82 Å². The number of benzene rings is 1. The van der Waals surface area contributed by atoms with Crippen LogP contribution in [0.3, 0.4) is 0 Å². The number of nitrogens with one attached hydrogen (secondary N) is 2. The highest BCUT2D eigenvalue weighted by atomic mass is 16.1. The lowest BCUT2D eigenvalue weighted by Gasteiger charge is -2.03. The molecule has 3 rings (SSSR count). The van der Waals surface area contributed by atoms with Crippen LogP contribution in [-0.2, 0) is 0 Å². The first-order valence-electron chi connectivity index (χ1n) is 6.04. The lowest BCUT2D eigenvalue weighted by atomic mass is 10.2. The zero-order valence-electron chi connectivity index (χ0n) is 10.5. The van der Waals surface area contributed by atoms with Gasteiger partial charge in [0, 0.05) is 17.1 Å². The summed E-state index contributed by atoms with van der Waals surface area (Å²) in [5, 5.41) is 3.80. The van der Waals surface area contributed by atoms with Crippen LogP contribution in [0, 0.1) is 6.92 Å². The first-order chi connectivity index (χ1) is 9.22. The van der Waals surface area contributed by atoms with E-state index in [1.54, 1.807) is 6.20 Å². The Bertz CT molecular complexity index is 713. The highest BCUT2D eigenvalue weighted by molar-refractivity contribution is 6.05. The van der Waals surface area contributed by atoms with Crippen molar-refractivity contribution in [2.75, 3.05) is 5.32 Å². The number of nitrogens with zero attached hydrogens (tertiary/aromatic N) is 1. The molecule has 0 saturated carbocycles. The molecule has 0 bridgehead atoms. The first-order valence-corrected chi connectivity index (χ1v) is 6.04. The van der Waals surface area contributed by atoms with Gasteiger partial charge in [-0.15, -0.1) is 0 Å². The number of rotatable bonds is 2. The fraction of sp³-hybridized carbons (Fsp3) is 0.0667. The van der Waals surface area contributed by atoms with Crippen molar-refractivity contribution < 1.29 is 4.79 Å². The summed E-state index contributed by atoms with van der Waals surface area (Å²) in [6, 6.07) is 13.3. The third-order valence-corrected chi connectivity index (χ3v) is 2.93. The standard InChI is InChI=1S/C15H13N3O/c1-10-6-7-16-14(8-10)18-15(19)13-9-11-4-2-3-5-12(11)17-13/h2-9,17H,1H3,(H,16,18,19). The monoisotopic (exact) mass is 251 g/mol. The van der Waals surface area contributed by atoms with E-state index in [-0.39, 0.29) is 5.91 Å². The van der Waals surface area contributed by atoms with Gasteiger partial charge in [-0.2, -0.15) is 0 Å². The topological polar surface area (TPSA) is 57.8 Å². The summed E-state index contributed by atoms with van der Waals surface area (Å²) < 4.78 is 0. The van der Waals surface area contributed by atoms with Gasteiger partial charge in [0.15, 0.2) is 0 Å². The predicted octanol–water partition coefficient (Wildman–Crippen LogP) is 3.12. The second-order valence-electron chi connectivity index (χ2n) is 4.44. The zero-order valence-corrected chi connectivity index (χ0v) is 10.5. The van der Waals surface area contributed by atoms with Gasteiger partial charge in [-0.1, -0.05) is 18.2 Å². The largest absolute Gasteiger partial charge is 0.351 e. The van der Waals surface area contributed by atoms with Crippen LogP contribution in [0.15, 0.2) is 48.7 Å². The van der Waals surface area contributed by atoms with Crippen LogP contribution in [0.25, 0.3) is 10.9 Å². The molecule has 0 fully saturated rings. The van der Waals surface area contributed by atoms with Crippen molar-refractivity contribution in [2.24, 2.45) is 0 Å². The molecule has 19 heavy (non-hydrogen) atoms. The molecule has 0 aliphatic carbocycles. The molecule has 0 atom stereocenters. The van der Waals surface area contributed by atoms with E-state index in [1.807, 2.05) is 49.4 Å². The van der Waals surface area contributed by atoms with E-state index in [0.29, 0.717) is 11.5 Å². The third kappa shape index (κ3) is 2.33. The quantitative estimate of drug-likeness (QED) is 0.735. The number of aromatic nitrogens is 2. The number of aryl methyl sites for hydroxylation is 1. The average Bonchev–Trinajstić information content (AvgIpc) is 2.82. The molecule has 3 aromatic rings. The maximum atomic E-state index is 12.1. The second kappa shape index (κ2) is 4.57. The van der Waals surface area contributed by atoms with Gasteiger partial charge in [0.05, 0.1) is 0 Å². The molecular weight excluding hydrogens is 238 g/mol. The van der Waals surface area contributed by atoms with Crippen LogP contribution in [0.5, 0.6) is 0 Å². The number of aromatic amines is 1. The number of anilines is 1. The van der Waals surface area contributed by atoms with Gasteiger partial charge in [-0.25, -0.2) is 4.98 Å². The van der Waals surface area contributed by atoms with Crippen molar-refractivity contribution in [3.63, 3.8) is 0 Å². The summed E-state index contributed by atoms with van der Waals surface area (Å²) in [5.41, 5.74) is 2.54. The molecule has 4 nitrogen and oxygen atoms in total. The Morgan fingerprint density at radius 2 is 2.05 bits per heavy atom. The Morgan fingerprint density at radius 1 is 1.21 bits per heavy atom. The molecule has 2 heterocycles. The molecule has 0 spiro atoms. The van der Waals surface area contributed by atoms with E-state index < -0.39 is 0 Å². The minimum atomic E-state index is -0.186. The molecule has 4 heteroatoms. The van der Waals surface area contributed by atoms with Gasteiger partial charge in [0.1, 0.15) is 11.5 Å². The number of hydrogen-bond acceptors (Lipinski definition) is 2. The van der Waals surface area contributed by atoms with E-state index in [4.69, 9.17) is 0 Å². The number of amides is 1. The van der Waals surface area contributed by atoms with Crippen LogP contribution >= 0.6 is 0 Å². The SMILES string of the molecule is Cc1ccnc(NC(=O)c2cc3ccccc3[nH]2)c1. The average molecular weight is 251 g/mol. The number of carbonyl (C=O) groups is 1. The van der Waals surface area contributed by atoms with Gasteiger partial charge in [-0.3, -0.25) is 4.79 Å². The summed E-state index contributed by atoms with van der Waals surface area (Å²) in [7, 11) is 0. The van der Waals surface area contributed by atoms with E-state index in [2.05, 4.69) is 15.3 Å². The summed E-state index contributed by atoms with van der Waals surface area (Å²) >= 11 is 0. The minimum absolute atomic E-state index is 0.186. The number of H-pyrrole nitrogens is 1. The van der Waals surface area contributed by atoms with Crippen LogP contribution in [0.2, 0.25) is 0 Å². The van der Waals surface area contributed by atoms with Crippen molar-refractivity contribution in [2.45, 2.75) is 6.92 Å². The lowest BCUT2D eigenvalue weighted by molar-refractivity contribution is 0.102. The summed E-state index contributed by atoms with van der Waals surface area (Å²) in [5.74, 6) is 0.373. The van der Waals surface area contributed by atoms with Crippen molar-refractivity contribution >= 4 is 22.6 Å². The highest BCUT2D eigenvalue weighted by Gasteiger charge is 2.09. The normalized spacial score (nSPS) is 10.6. The fourth-order valence-electron chi connectivity index (χ4n) is 1.98. The molecule has 1 aromatic carbocycles. The Balaban J connectivity index is 1.87. The molecule has 1 amide bonds. The van der Waals surface area contributed by atoms with Crippen molar-refractivity contribution in [1.82, 2.24) is 9.97 Å². The number of carbonyl (C=O) groups excluding carboxylic acids is 1.